The molecule has 2 saturated heterocycles. The summed E-state index contributed by atoms with van der Waals surface area (Å²) >= 11 is 0. The van der Waals surface area contributed by atoms with Crippen molar-refractivity contribution in [3.05, 3.63) is 30.1 Å². The third-order valence-corrected chi connectivity index (χ3v) is 5.93. The summed E-state index contributed by atoms with van der Waals surface area (Å²) in [5.74, 6) is 0.360. The Hall–Kier alpha value is -1.66. The van der Waals surface area contributed by atoms with Crippen LogP contribution in [0.5, 0.6) is 0 Å². The summed E-state index contributed by atoms with van der Waals surface area (Å²) in [7, 11) is 0. The van der Waals surface area contributed by atoms with E-state index >= 15 is 0 Å². The van der Waals surface area contributed by atoms with Crippen LogP contribution in [0.4, 0.5) is 10.1 Å². The lowest BCUT2D eigenvalue weighted by atomic mass is 9.90. The highest BCUT2D eigenvalue weighted by Gasteiger charge is 2.44. The monoisotopic (exact) mass is 361 g/mol. The molecule has 1 aromatic rings. The second-order valence-electron chi connectivity index (χ2n) is 8.07. The van der Waals surface area contributed by atoms with Crippen molar-refractivity contribution in [1.82, 2.24) is 9.80 Å². The number of likely N-dealkylation sites (tertiary alicyclic amines) is 1. The molecular formula is C20H28FN3O2. The molecule has 4 rings (SSSR count). The molecule has 0 spiro atoms. The number of carbonyl (C=O) groups excluding carboxylic acids is 1. The molecule has 1 aliphatic carbocycles. The van der Waals surface area contributed by atoms with Gasteiger partial charge < -0.3 is 14.9 Å². The molecule has 3 aliphatic rings. The van der Waals surface area contributed by atoms with Crippen molar-refractivity contribution in [2.24, 2.45) is 5.92 Å². The first-order chi connectivity index (χ1) is 12.5. The van der Waals surface area contributed by atoms with Gasteiger partial charge in [0, 0.05) is 51.5 Å². The van der Waals surface area contributed by atoms with Crippen LogP contribution in [0, 0.1) is 11.7 Å². The fourth-order valence-electron chi connectivity index (χ4n) is 4.18. The molecule has 3 fully saturated rings. The smallest absolute Gasteiger partial charge is 0.255 e. The first kappa shape index (κ1) is 17.7. The quantitative estimate of drug-likeness (QED) is 0.867. The Balaban J connectivity index is 1.32. The Labute approximate surface area is 154 Å². The number of β-amino-alcohol motifs (C(OH)–C–C–N with tert-alkyl or cyclic N) is 1. The number of amides is 1. The van der Waals surface area contributed by atoms with E-state index in [1.165, 1.54) is 25.0 Å². The van der Waals surface area contributed by atoms with Crippen LogP contribution in [0.1, 0.15) is 25.7 Å². The average molecular weight is 361 g/mol. The summed E-state index contributed by atoms with van der Waals surface area (Å²) in [6.45, 7) is 5.27. The first-order valence-electron chi connectivity index (χ1n) is 9.78. The van der Waals surface area contributed by atoms with Crippen molar-refractivity contribution >= 4 is 11.6 Å². The van der Waals surface area contributed by atoms with Crippen molar-refractivity contribution in [1.29, 1.82) is 0 Å². The molecule has 2 aliphatic heterocycles. The normalized spacial score (nSPS) is 27.8. The number of piperazine rings is 1. The average Bonchev–Trinajstić information content (AvgIpc) is 3.45. The third kappa shape index (κ3) is 3.86. The molecule has 142 valence electrons. The summed E-state index contributed by atoms with van der Waals surface area (Å²) in [6.07, 6.45) is 3.87. The van der Waals surface area contributed by atoms with Gasteiger partial charge in [0.15, 0.2) is 5.60 Å². The standard InChI is InChI=1S/C20H28FN3O2/c21-17-4-6-18(7-5-17)23-12-10-22(11-13-23)15-20(26)8-1-9-24(19(20)25)14-16-2-3-16/h4-7,16,26H,1-3,8-15H2. The van der Waals surface area contributed by atoms with Gasteiger partial charge >= 0.3 is 0 Å². The number of carbonyl (C=O) groups is 1. The number of piperidine rings is 1. The fraction of sp³-hybridized carbons (Fsp3) is 0.650. The number of hydrogen-bond acceptors (Lipinski definition) is 4. The lowest BCUT2D eigenvalue weighted by Gasteiger charge is -2.43. The molecule has 6 heteroatoms. The van der Waals surface area contributed by atoms with Crippen LogP contribution in [0.2, 0.25) is 0 Å². The minimum Gasteiger partial charge on any atom is -0.379 e. The van der Waals surface area contributed by atoms with Crippen LogP contribution in [0.25, 0.3) is 0 Å². The summed E-state index contributed by atoms with van der Waals surface area (Å²) in [6, 6.07) is 6.58. The summed E-state index contributed by atoms with van der Waals surface area (Å²) < 4.78 is 13.1. The van der Waals surface area contributed by atoms with Crippen LogP contribution >= 0.6 is 0 Å². The molecule has 1 atom stereocenters. The zero-order valence-corrected chi connectivity index (χ0v) is 15.2. The van der Waals surface area contributed by atoms with Crippen LogP contribution in [-0.2, 0) is 4.79 Å². The van der Waals surface area contributed by atoms with Gasteiger partial charge in [0.2, 0.25) is 0 Å². The molecule has 1 aromatic carbocycles. The van der Waals surface area contributed by atoms with E-state index in [1.807, 2.05) is 4.90 Å². The van der Waals surface area contributed by atoms with Gasteiger partial charge in [-0.25, -0.2) is 4.39 Å². The number of benzene rings is 1. The van der Waals surface area contributed by atoms with E-state index in [0.29, 0.717) is 18.9 Å². The highest BCUT2D eigenvalue weighted by atomic mass is 19.1. The van der Waals surface area contributed by atoms with Gasteiger partial charge in [0.05, 0.1) is 0 Å². The Kier molecular flexibility index (Phi) is 4.88. The lowest BCUT2D eigenvalue weighted by molar-refractivity contribution is -0.159. The maximum Gasteiger partial charge on any atom is 0.255 e. The van der Waals surface area contributed by atoms with E-state index in [4.69, 9.17) is 0 Å². The Morgan fingerprint density at radius 2 is 1.77 bits per heavy atom. The topological polar surface area (TPSA) is 47.0 Å². The molecule has 0 aromatic heterocycles. The second-order valence-corrected chi connectivity index (χ2v) is 8.07. The van der Waals surface area contributed by atoms with E-state index in [2.05, 4.69) is 9.80 Å². The second kappa shape index (κ2) is 7.16. The van der Waals surface area contributed by atoms with Crippen molar-refractivity contribution < 1.29 is 14.3 Å². The van der Waals surface area contributed by atoms with Crippen molar-refractivity contribution in [2.45, 2.75) is 31.3 Å². The zero-order chi connectivity index (χ0) is 18.1. The predicted molar refractivity (Wildman–Crippen MR) is 98.5 cm³/mol. The molecule has 5 nitrogen and oxygen atoms in total. The molecular weight excluding hydrogens is 333 g/mol. The van der Waals surface area contributed by atoms with Gasteiger partial charge in [-0.2, -0.15) is 0 Å². The zero-order valence-electron chi connectivity index (χ0n) is 15.2. The highest BCUT2D eigenvalue weighted by molar-refractivity contribution is 5.86. The number of halogens is 1. The predicted octanol–water partition coefficient (Wildman–Crippen LogP) is 1.71. The number of anilines is 1. The van der Waals surface area contributed by atoms with E-state index in [1.54, 1.807) is 12.1 Å². The molecule has 1 amide bonds. The summed E-state index contributed by atoms with van der Waals surface area (Å²) in [4.78, 5) is 19.1. The van der Waals surface area contributed by atoms with E-state index in [0.717, 1.165) is 51.4 Å². The third-order valence-electron chi connectivity index (χ3n) is 5.93. The molecule has 0 radical (unpaired) electrons. The SMILES string of the molecule is O=C1N(CC2CC2)CCCC1(O)CN1CCN(c2ccc(F)cc2)CC1. The van der Waals surface area contributed by atoms with Gasteiger partial charge in [-0.05, 0) is 55.9 Å². The van der Waals surface area contributed by atoms with Gasteiger partial charge in [0.1, 0.15) is 5.82 Å². The van der Waals surface area contributed by atoms with Gasteiger partial charge in [-0.3, -0.25) is 9.69 Å². The van der Waals surface area contributed by atoms with Crippen molar-refractivity contribution in [2.75, 3.05) is 50.7 Å². The van der Waals surface area contributed by atoms with Gasteiger partial charge in [0.25, 0.3) is 5.91 Å². The number of rotatable bonds is 5. The van der Waals surface area contributed by atoms with Crippen molar-refractivity contribution in [3.63, 3.8) is 0 Å². The Bertz CT molecular complexity index is 641. The minimum absolute atomic E-state index is 0.0726. The Morgan fingerprint density at radius 1 is 1.08 bits per heavy atom. The first-order valence-corrected chi connectivity index (χ1v) is 9.78. The van der Waals surface area contributed by atoms with E-state index < -0.39 is 5.60 Å². The molecule has 1 N–H and O–H groups in total. The number of hydrogen-bond donors (Lipinski definition) is 1. The fourth-order valence-corrected chi connectivity index (χ4v) is 4.18. The molecule has 1 saturated carbocycles. The lowest BCUT2D eigenvalue weighted by Crippen LogP contribution is -2.60. The van der Waals surface area contributed by atoms with E-state index in [-0.39, 0.29) is 11.7 Å². The van der Waals surface area contributed by atoms with Crippen molar-refractivity contribution in [3.8, 4) is 0 Å². The maximum atomic E-state index is 13.1. The Morgan fingerprint density at radius 3 is 2.42 bits per heavy atom. The largest absolute Gasteiger partial charge is 0.379 e. The molecule has 0 bridgehead atoms. The summed E-state index contributed by atoms with van der Waals surface area (Å²) in [5, 5.41) is 11.0. The molecule has 1 unspecified atom stereocenters. The van der Waals surface area contributed by atoms with E-state index in [9.17, 15) is 14.3 Å². The highest BCUT2D eigenvalue weighted by Crippen LogP contribution is 2.33. The minimum atomic E-state index is -1.23. The molecule has 2 heterocycles. The van der Waals surface area contributed by atoms with Gasteiger partial charge in [-0.1, -0.05) is 0 Å². The summed E-state index contributed by atoms with van der Waals surface area (Å²) in [5.41, 5.74) is -0.209. The molecule has 26 heavy (non-hydrogen) atoms. The maximum absolute atomic E-state index is 13.1. The van der Waals surface area contributed by atoms with Crippen LogP contribution < -0.4 is 4.90 Å². The number of nitrogens with zero attached hydrogens (tertiary/aromatic N) is 3. The van der Waals surface area contributed by atoms with Crippen LogP contribution in [-0.4, -0.2) is 72.2 Å². The van der Waals surface area contributed by atoms with Gasteiger partial charge in [-0.15, -0.1) is 0 Å². The number of aliphatic hydroxyl groups is 1. The van der Waals surface area contributed by atoms with Crippen LogP contribution in [0.15, 0.2) is 24.3 Å². The van der Waals surface area contributed by atoms with Crippen LogP contribution in [0.3, 0.4) is 0 Å².